The van der Waals surface area contributed by atoms with Gasteiger partial charge in [0.25, 0.3) is 5.56 Å². The summed E-state index contributed by atoms with van der Waals surface area (Å²) >= 11 is 0. The van der Waals surface area contributed by atoms with Crippen LogP contribution in [0.2, 0.25) is 0 Å². The molecule has 0 aromatic carbocycles. The monoisotopic (exact) mass is 400 g/mol. The maximum Gasteiger partial charge on any atom is 0.409 e. The van der Waals surface area contributed by atoms with Crippen molar-refractivity contribution < 1.29 is 14.6 Å². The molecule has 1 aliphatic heterocycles. The van der Waals surface area contributed by atoms with E-state index in [-0.39, 0.29) is 17.4 Å². The first-order chi connectivity index (χ1) is 14.0. The second-order valence-electron chi connectivity index (χ2n) is 7.04. The Kier molecular flexibility index (Phi) is 6.53. The maximum atomic E-state index is 13.2. The fourth-order valence-corrected chi connectivity index (χ4v) is 3.89. The van der Waals surface area contributed by atoms with Gasteiger partial charge in [-0.15, -0.1) is 0 Å². The normalized spacial score (nSPS) is 15.9. The molecular weight excluding hydrogens is 372 g/mol. The number of aromatic hydroxyl groups is 1. The molecule has 8 heteroatoms. The Hall–Kier alpha value is -2.87. The van der Waals surface area contributed by atoms with Gasteiger partial charge in [0.2, 0.25) is 0 Å². The third kappa shape index (κ3) is 4.27. The lowest BCUT2D eigenvalue weighted by Crippen LogP contribution is -2.50. The Balaban J connectivity index is 1.99. The number of carbonyl (C=O) groups is 1. The highest BCUT2D eigenvalue weighted by Crippen LogP contribution is 2.32. The second-order valence-corrected chi connectivity index (χ2v) is 7.04. The minimum Gasteiger partial charge on any atom is -0.507 e. The van der Waals surface area contributed by atoms with E-state index in [2.05, 4.69) is 9.88 Å². The van der Waals surface area contributed by atoms with Gasteiger partial charge < -0.3 is 19.3 Å². The standard InChI is InChI=1S/C21H28N4O4/c1-4-25-15(3)13-17(26)18(20(25)27)19(16-7-6-8-22-14-16)23-9-11-24(12-10-23)21(28)29-5-2/h6-8,13-14,19,26H,4-5,9-12H2,1-3H3/t19-/m1/s1. The number of nitrogens with zero attached hydrogens (tertiary/aromatic N) is 4. The van der Waals surface area contributed by atoms with Gasteiger partial charge in [0.15, 0.2) is 0 Å². The van der Waals surface area contributed by atoms with E-state index in [0.29, 0.717) is 44.9 Å². The van der Waals surface area contributed by atoms with Crippen molar-refractivity contribution in [1.29, 1.82) is 0 Å². The van der Waals surface area contributed by atoms with E-state index >= 15 is 0 Å². The van der Waals surface area contributed by atoms with Crippen LogP contribution < -0.4 is 5.56 Å². The molecule has 1 N–H and O–H groups in total. The molecule has 1 amide bonds. The zero-order valence-electron chi connectivity index (χ0n) is 17.2. The van der Waals surface area contributed by atoms with Crippen LogP contribution in [0.4, 0.5) is 4.79 Å². The third-order valence-corrected chi connectivity index (χ3v) is 5.32. The third-order valence-electron chi connectivity index (χ3n) is 5.32. The van der Waals surface area contributed by atoms with Crippen LogP contribution in [0.5, 0.6) is 5.75 Å². The van der Waals surface area contributed by atoms with Crippen molar-refractivity contribution in [3.63, 3.8) is 0 Å². The quantitative estimate of drug-likeness (QED) is 0.827. The van der Waals surface area contributed by atoms with Gasteiger partial charge in [-0.2, -0.15) is 0 Å². The number of amides is 1. The van der Waals surface area contributed by atoms with Gasteiger partial charge in [-0.1, -0.05) is 6.07 Å². The van der Waals surface area contributed by atoms with Crippen LogP contribution in [0.25, 0.3) is 0 Å². The first-order valence-corrected chi connectivity index (χ1v) is 9.96. The Morgan fingerprint density at radius 3 is 2.59 bits per heavy atom. The van der Waals surface area contributed by atoms with E-state index in [1.165, 1.54) is 0 Å². The number of aromatic nitrogens is 2. The lowest BCUT2D eigenvalue weighted by molar-refractivity contribution is 0.0708. The number of piperazine rings is 1. The van der Waals surface area contributed by atoms with Gasteiger partial charge in [0.1, 0.15) is 5.75 Å². The van der Waals surface area contributed by atoms with Crippen molar-refractivity contribution in [2.24, 2.45) is 0 Å². The summed E-state index contributed by atoms with van der Waals surface area (Å²) < 4.78 is 6.75. The highest BCUT2D eigenvalue weighted by molar-refractivity contribution is 5.67. The van der Waals surface area contributed by atoms with E-state index in [1.54, 1.807) is 34.9 Å². The van der Waals surface area contributed by atoms with Crippen molar-refractivity contribution in [2.45, 2.75) is 33.4 Å². The fraction of sp³-hybridized carbons (Fsp3) is 0.476. The first kappa shape index (κ1) is 20.9. The smallest absolute Gasteiger partial charge is 0.409 e. The molecule has 3 heterocycles. The number of pyridine rings is 2. The highest BCUT2D eigenvalue weighted by atomic mass is 16.6. The number of rotatable bonds is 5. The minimum absolute atomic E-state index is 0.0149. The number of hydrogen-bond donors (Lipinski definition) is 1. The van der Waals surface area contributed by atoms with Crippen LogP contribution in [0, 0.1) is 6.92 Å². The van der Waals surface area contributed by atoms with Gasteiger partial charge in [-0.25, -0.2) is 4.79 Å². The molecule has 2 aromatic heterocycles. The van der Waals surface area contributed by atoms with E-state index < -0.39 is 6.04 Å². The predicted octanol–water partition coefficient (Wildman–Crippen LogP) is 2.14. The second kappa shape index (κ2) is 9.09. The number of carbonyl (C=O) groups excluding carboxylic acids is 1. The molecule has 0 saturated carbocycles. The lowest BCUT2D eigenvalue weighted by atomic mass is 9.97. The summed E-state index contributed by atoms with van der Waals surface area (Å²) in [6, 6.07) is 4.92. The van der Waals surface area contributed by atoms with Crippen molar-refractivity contribution in [2.75, 3.05) is 32.8 Å². The van der Waals surface area contributed by atoms with Gasteiger partial charge in [0, 0.05) is 50.8 Å². The summed E-state index contributed by atoms with van der Waals surface area (Å²) in [5.41, 5.74) is 1.69. The van der Waals surface area contributed by atoms with Crippen molar-refractivity contribution in [3.8, 4) is 5.75 Å². The molecule has 0 bridgehead atoms. The predicted molar refractivity (Wildman–Crippen MR) is 109 cm³/mol. The Morgan fingerprint density at radius 1 is 1.28 bits per heavy atom. The zero-order chi connectivity index (χ0) is 21.0. The van der Waals surface area contributed by atoms with Gasteiger partial charge in [-0.05, 0) is 38.5 Å². The van der Waals surface area contributed by atoms with E-state index in [1.807, 2.05) is 26.0 Å². The summed E-state index contributed by atoms with van der Waals surface area (Å²) in [5, 5.41) is 10.7. The summed E-state index contributed by atoms with van der Waals surface area (Å²) in [6.45, 7) is 8.45. The molecule has 2 aromatic rings. The molecule has 29 heavy (non-hydrogen) atoms. The molecule has 156 valence electrons. The largest absolute Gasteiger partial charge is 0.507 e. The molecule has 1 saturated heterocycles. The summed E-state index contributed by atoms with van der Waals surface area (Å²) in [6.07, 6.45) is 3.08. The number of ether oxygens (including phenoxy) is 1. The summed E-state index contributed by atoms with van der Waals surface area (Å²) in [5.74, 6) is -0.0149. The van der Waals surface area contributed by atoms with E-state index in [9.17, 15) is 14.7 Å². The van der Waals surface area contributed by atoms with E-state index in [4.69, 9.17) is 4.74 Å². The van der Waals surface area contributed by atoms with Gasteiger partial charge in [0.05, 0.1) is 18.2 Å². The average Bonchev–Trinajstić information content (AvgIpc) is 2.72. The Labute approximate surface area is 170 Å². The van der Waals surface area contributed by atoms with Gasteiger partial charge in [-0.3, -0.25) is 14.7 Å². The summed E-state index contributed by atoms with van der Waals surface area (Å²) in [7, 11) is 0. The van der Waals surface area contributed by atoms with Crippen molar-refractivity contribution in [1.82, 2.24) is 19.4 Å². The van der Waals surface area contributed by atoms with Crippen LogP contribution in [-0.4, -0.2) is 63.3 Å². The Bertz CT molecular complexity index is 905. The van der Waals surface area contributed by atoms with Crippen LogP contribution >= 0.6 is 0 Å². The van der Waals surface area contributed by atoms with Gasteiger partial charge >= 0.3 is 6.09 Å². The molecule has 3 rings (SSSR count). The zero-order valence-corrected chi connectivity index (χ0v) is 17.2. The molecule has 0 unspecified atom stereocenters. The van der Waals surface area contributed by atoms with Crippen LogP contribution in [0.3, 0.4) is 0 Å². The SMILES string of the molecule is CCOC(=O)N1CCN([C@H](c2cccnc2)c2c(O)cc(C)n(CC)c2=O)CC1. The minimum atomic E-state index is -0.445. The van der Waals surface area contributed by atoms with Crippen LogP contribution in [0.1, 0.15) is 36.7 Å². The maximum absolute atomic E-state index is 13.2. The Morgan fingerprint density at radius 2 is 2.00 bits per heavy atom. The first-order valence-electron chi connectivity index (χ1n) is 9.96. The topological polar surface area (TPSA) is 87.9 Å². The molecule has 1 fully saturated rings. The molecule has 0 aliphatic carbocycles. The van der Waals surface area contributed by atoms with E-state index in [0.717, 1.165) is 11.3 Å². The number of hydrogen-bond acceptors (Lipinski definition) is 6. The molecular formula is C21H28N4O4. The van der Waals surface area contributed by atoms with Crippen LogP contribution in [0.15, 0.2) is 35.4 Å². The lowest BCUT2D eigenvalue weighted by Gasteiger charge is -2.39. The van der Waals surface area contributed by atoms with Crippen LogP contribution in [-0.2, 0) is 11.3 Å². The molecule has 0 spiro atoms. The fourth-order valence-electron chi connectivity index (χ4n) is 3.89. The number of aryl methyl sites for hydroxylation is 1. The highest BCUT2D eigenvalue weighted by Gasteiger charge is 2.32. The molecule has 1 atom stereocenters. The molecule has 0 radical (unpaired) electrons. The van der Waals surface area contributed by atoms with Crippen molar-refractivity contribution in [3.05, 3.63) is 57.8 Å². The summed E-state index contributed by atoms with van der Waals surface area (Å²) in [4.78, 5) is 33.2. The average molecular weight is 400 g/mol. The molecule has 8 nitrogen and oxygen atoms in total. The molecule has 1 aliphatic rings. The van der Waals surface area contributed by atoms with Crippen molar-refractivity contribution >= 4 is 6.09 Å².